The van der Waals surface area contributed by atoms with Crippen molar-refractivity contribution in [2.24, 2.45) is 0 Å². The van der Waals surface area contributed by atoms with Gasteiger partial charge in [-0.1, -0.05) is 0 Å². The third-order valence-electron chi connectivity index (χ3n) is 3.24. The van der Waals surface area contributed by atoms with Crippen LogP contribution in [0.1, 0.15) is 56.3 Å². The molecule has 0 bridgehead atoms. The molecule has 1 N–H and O–H groups in total. The van der Waals surface area contributed by atoms with Crippen LogP contribution in [0.5, 0.6) is 0 Å². The van der Waals surface area contributed by atoms with E-state index in [0.29, 0.717) is 6.04 Å². The molecule has 1 saturated carbocycles. The average molecular weight is 221 g/mol. The van der Waals surface area contributed by atoms with E-state index in [1.807, 2.05) is 7.05 Å². The molecule has 2 rings (SSSR count). The predicted molar refractivity (Wildman–Crippen MR) is 66.8 cm³/mol. The first-order valence-corrected chi connectivity index (χ1v) is 6.45. The summed E-state index contributed by atoms with van der Waals surface area (Å²) in [5.41, 5.74) is 3.00. The summed E-state index contributed by atoms with van der Waals surface area (Å²) in [6.07, 6.45) is 7.18. The van der Waals surface area contributed by atoms with Crippen molar-refractivity contribution >= 4 is 0 Å². The highest BCUT2D eigenvalue weighted by atomic mass is 15.3. The van der Waals surface area contributed by atoms with Gasteiger partial charge in [-0.25, -0.2) is 0 Å². The van der Waals surface area contributed by atoms with Crippen molar-refractivity contribution in [3.63, 3.8) is 0 Å². The Balaban J connectivity index is 2.11. The van der Waals surface area contributed by atoms with Gasteiger partial charge in [0, 0.05) is 17.7 Å². The number of nitrogens with zero attached hydrogens (tertiary/aromatic N) is 2. The van der Waals surface area contributed by atoms with E-state index in [2.05, 4.69) is 35.1 Å². The fourth-order valence-electron chi connectivity index (χ4n) is 2.27. The quantitative estimate of drug-likeness (QED) is 0.748. The summed E-state index contributed by atoms with van der Waals surface area (Å²) in [6.45, 7) is 5.53. The maximum atomic E-state index is 4.55. The molecule has 0 amide bonds. The van der Waals surface area contributed by atoms with Crippen LogP contribution in [0.2, 0.25) is 0 Å². The van der Waals surface area contributed by atoms with E-state index in [0.717, 1.165) is 12.5 Å². The molecule has 0 saturated heterocycles. The fraction of sp³-hybridized carbons (Fsp3) is 0.769. The molecule has 16 heavy (non-hydrogen) atoms. The molecule has 1 aliphatic carbocycles. The van der Waals surface area contributed by atoms with Crippen LogP contribution in [0, 0.1) is 0 Å². The molecule has 0 atom stereocenters. The van der Waals surface area contributed by atoms with Crippen LogP contribution in [0.25, 0.3) is 0 Å². The summed E-state index contributed by atoms with van der Waals surface area (Å²) >= 11 is 0. The van der Waals surface area contributed by atoms with Crippen molar-refractivity contribution in [1.29, 1.82) is 0 Å². The number of aromatic nitrogens is 2. The van der Waals surface area contributed by atoms with Gasteiger partial charge in [-0.15, -0.1) is 0 Å². The summed E-state index contributed by atoms with van der Waals surface area (Å²) < 4.78 is 2.23. The molecule has 1 aromatic heterocycles. The van der Waals surface area contributed by atoms with Crippen LogP contribution < -0.4 is 5.32 Å². The Hall–Kier alpha value is -0.830. The molecule has 0 aliphatic heterocycles. The van der Waals surface area contributed by atoms with Gasteiger partial charge in [0.25, 0.3) is 0 Å². The predicted octanol–water partition coefficient (Wildman–Crippen LogP) is 2.49. The number of rotatable bonds is 6. The van der Waals surface area contributed by atoms with E-state index in [9.17, 15) is 0 Å². The Labute approximate surface area is 98.2 Å². The molecule has 1 fully saturated rings. The Morgan fingerprint density at radius 2 is 2.25 bits per heavy atom. The van der Waals surface area contributed by atoms with Crippen LogP contribution >= 0.6 is 0 Å². The van der Waals surface area contributed by atoms with E-state index in [1.165, 1.54) is 36.9 Å². The van der Waals surface area contributed by atoms with Crippen LogP contribution in [0.3, 0.4) is 0 Å². The van der Waals surface area contributed by atoms with Crippen LogP contribution in [-0.2, 0) is 6.42 Å². The molecule has 1 aliphatic rings. The molecular formula is C13H23N3. The van der Waals surface area contributed by atoms with E-state index >= 15 is 0 Å². The normalized spacial score (nSPS) is 16.0. The van der Waals surface area contributed by atoms with Crippen molar-refractivity contribution in [1.82, 2.24) is 15.1 Å². The molecule has 0 aromatic carbocycles. The van der Waals surface area contributed by atoms with Gasteiger partial charge < -0.3 is 5.32 Å². The van der Waals surface area contributed by atoms with E-state index in [4.69, 9.17) is 0 Å². The topological polar surface area (TPSA) is 29.9 Å². The summed E-state index contributed by atoms with van der Waals surface area (Å²) in [5, 5.41) is 7.76. The van der Waals surface area contributed by atoms with Crippen molar-refractivity contribution in [2.45, 2.75) is 51.5 Å². The third kappa shape index (κ3) is 2.46. The van der Waals surface area contributed by atoms with Gasteiger partial charge in [0.05, 0.1) is 6.20 Å². The van der Waals surface area contributed by atoms with Crippen molar-refractivity contribution in [3.8, 4) is 0 Å². The van der Waals surface area contributed by atoms with Gasteiger partial charge in [-0.3, -0.25) is 4.68 Å². The van der Waals surface area contributed by atoms with Gasteiger partial charge in [0.2, 0.25) is 0 Å². The zero-order valence-corrected chi connectivity index (χ0v) is 10.7. The third-order valence-corrected chi connectivity index (χ3v) is 3.24. The first-order valence-electron chi connectivity index (χ1n) is 6.45. The Bertz CT molecular complexity index is 337. The first kappa shape index (κ1) is 11.6. The molecule has 3 heteroatoms. The first-order chi connectivity index (χ1) is 7.74. The summed E-state index contributed by atoms with van der Waals surface area (Å²) in [7, 11) is 2.01. The average Bonchev–Trinajstić information content (AvgIpc) is 3.00. The number of aryl methyl sites for hydroxylation is 1. The highest BCUT2D eigenvalue weighted by molar-refractivity contribution is 5.26. The van der Waals surface area contributed by atoms with Crippen molar-refractivity contribution in [2.75, 3.05) is 13.6 Å². The van der Waals surface area contributed by atoms with Crippen LogP contribution in [-0.4, -0.2) is 23.4 Å². The van der Waals surface area contributed by atoms with Gasteiger partial charge >= 0.3 is 0 Å². The Morgan fingerprint density at radius 3 is 2.81 bits per heavy atom. The van der Waals surface area contributed by atoms with Crippen molar-refractivity contribution in [3.05, 3.63) is 17.5 Å². The number of hydrogen-bond donors (Lipinski definition) is 1. The molecule has 3 nitrogen and oxygen atoms in total. The van der Waals surface area contributed by atoms with Gasteiger partial charge in [0.15, 0.2) is 0 Å². The van der Waals surface area contributed by atoms with Gasteiger partial charge in [0.1, 0.15) is 0 Å². The second-order valence-electron chi connectivity index (χ2n) is 5.07. The van der Waals surface area contributed by atoms with Crippen LogP contribution in [0.4, 0.5) is 0 Å². The highest BCUT2D eigenvalue weighted by Gasteiger charge is 2.30. The highest BCUT2D eigenvalue weighted by Crippen LogP contribution is 2.42. The van der Waals surface area contributed by atoms with E-state index in [-0.39, 0.29) is 0 Å². The molecular weight excluding hydrogens is 198 g/mol. The summed E-state index contributed by atoms with van der Waals surface area (Å²) in [5.74, 6) is 0.800. The number of hydrogen-bond acceptors (Lipinski definition) is 2. The Kier molecular flexibility index (Phi) is 3.64. The molecule has 1 aromatic rings. The van der Waals surface area contributed by atoms with E-state index in [1.54, 1.807) is 0 Å². The second-order valence-corrected chi connectivity index (χ2v) is 5.07. The smallest absolute Gasteiger partial charge is 0.0524 e. The largest absolute Gasteiger partial charge is 0.320 e. The lowest BCUT2D eigenvalue weighted by Crippen LogP contribution is -2.10. The SMILES string of the molecule is CNCCCc1cnn(C(C)C)c1C1CC1. The minimum atomic E-state index is 0.494. The summed E-state index contributed by atoms with van der Waals surface area (Å²) in [6, 6.07) is 0.494. The molecule has 0 spiro atoms. The van der Waals surface area contributed by atoms with Gasteiger partial charge in [-0.05, 0) is 58.7 Å². The lowest BCUT2D eigenvalue weighted by Gasteiger charge is -2.12. The minimum Gasteiger partial charge on any atom is -0.320 e. The van der Waals surface area contributed by atoms with E-state index < -0.39 is 0 Å². The van der Waals surface area contributed by atoms with Gasteiger partial charge in [-0.2, -0.15) is 5.10 Å². The minimum absolute atomic E-state index is 0.494. The fourth-order valence-corrected chi connectivity index (χ4v) is 2.27. The Morgan fingerprint density at radius 1 is 1.50 bits per heavy atom. The maximum absolute atomic E-state index is 4.55. The van der Waals surface area contributed by atoms with Crippen LogP contribution in [0.15, 0.2) is 6.20 Å². The zero-order valence-electron chi connectivity index (χ0n) is 10.7. The lowest BCUT2D eigenvalue weighted by atomic mass is 10.1. The van der Waals surface area contributed by atoms with Crippen molar-refractivity contribution < 1.29 is 0 Å². The molecule has 1 heterocycles. The standard InChI is InChI=1S/C13H23N3/c1-10(2)16-13(11-6-7-11)12(9-15-16)5-4-8-14-3/h9-11,14H,4-8H2,1-3H3. The lowest BCUT2D eigenvalue weighted by molar-refractivity contribution is 0.508. The zero-order chi connectivity index (χ0) is 11.5. The summed E-state index contributed by atoms with van der Waals surface area (Å²) in [4.78, 5) is 0. The monoisotopic (exact) mass is 221 g/mol. The molecule has 0 unspecified atom stereocenters. The number of nitrogens with one attached hydrogen (secondary N) is 1. The molecule has 90 valence electrons. The second kappa shape index (κ2) is 5.00. The maximum Gasteiger partial charge on any atom is 0.0524 e. The molecule has 0 radical (unpaired) electrons.